The van der Waals surface area contributed by atoms with E-state index in [2.05, 4.69) is 53.0 Å². The molecule has 0 N–H and O–H groups in total. The summed E-state index contributed by atoms with van der Waals surface area (Å²) in [6, 6.07) is 18.2. The Hall–Kier alpha value is -2.92. The Labute approximate surface area is 161 Å². The summed E-state index contributed by atoms with van der Waals surface area (Å²) in [7, 11) is 1.36. The fourth-order valence-electron chi connectivity index (χ4n) is 2.93. The number of aromatic nitrogens is 2. The van der Waals surface area contributed by atoms with Crippen molar-refractivity contribution in [1.82, 2.24) is 9.97 Å². The van der Waals surface area contributed by atoms with E-state index < -0.39 is 8.07 Å². The van der Waals surface area contributed by atoms with Crippen molar-refractivity contribution in [3.05, 3.63) is 83.8 Å². The van der Waals surface area contributed by atoms with Gasteiger partial charge in [0.15, 0.2) is 8.07 Å². The fraction of sp³-hybridized carbons (Fsp3) is 0.182. The van der Waals surface area contributed by atoms with Gasteiger partial charge in [0, 0.05) is 12.4 Å². The van der Waals surface area contributed by atoms with E-state index in [0.29, 0.717) is 0 Å². The molecule has 2 aromatic carbocycles. The number of hydrogen-bond acceptors (Lipinski definition) is 4. The van der Waals surface area contributed by atoms with Gasteiger partial charge in [-0.2, -0.15) is 0 Å². The zero-order valence-corrected chi connectivity index (χ0v) is 17.1. The number of methoxy groups -OCH3 is 2. The summed E-state index contributed by atoms with van der Waals surface area (Å²) in [5.74, 6) is 1.69. The fourth-order valence-corrected chi connectivity index (χ4v) is 4.93. The maximum Gasteiger partial charge on any atom is 0.152 e. The average molecular weight is 377 g/mol. The molecule has 27 heavy (non-hydrogen) atoms. The summed E-state index contributed by atoms with van der Waals surface area (Å²) in [6.45, 7) is 4.52. The summed E-state index contributed by atoms with van der Waals surface area (Å²) >= 11 is 0. The highest BCUT2D eigenvalue weighted by molar-refractivity contribution is 6.93. The summed E-state index contributed by atoms with van der Waals surface area (Å²) in [5.41, 5.74) is 6.72. The third kappa shape index (κ3) is 4.44. The molecule has 5 heteroatoms. The lowest BCUT2D eigenvalue weighted by atomic mass is 9.99. The zero-order valence-electron chi connectivity index (χ0n) is 16.1. The van der Waals surface area contributed by atoms with Gasteiger partial charge < -0.3 is 9.47 Å². The van der Waals surface area contributed by atoms with Crippen molar-refractivity contribution in [1.29, 1.82) is 0 Å². The first-order valence-electron chi connectivity index (χ1n) is 8.83. The minimum atomic E-state index is -2.00. The van der Waals surface area contributed by atoms with E-state index in [1.54, 1.807) is 14.2 Å². The van der Waals surface area contributed by atoms with E-state index in [1.807, 2.05) is 42.7 Å². The van der Waals surface area contributed by atoms with Crippen LogP contribution in [0, 0.1) is 0 Å². The van der Waals surface area contributed by atoms with Crippen molar-refractivity contribution in [2.24, 2.45) is 0 Å². The van der Waals surface area contributed by atoms with Crippen LogP contribution in [0.25, 0.3) is 5.57 Å². The highest BCUT2D eigenvalue weighted by atomic mass is 28.3. The summed E-state index contributed by atoms with van der Waals surface area (Å²) in [6.07, 6.45) is 3.62. The van der Waals surface area contributed by atoms with Crippen molar-refractivity contribution >= 4 is 19.1 Å². The molecule has 0 radical (unpaired) electrons. The topological polar surface area (TPSA) is 44.2 Å². The van der Waals surface area contributed by atoms with Crippen molar-refractivity contribution in [3.8, 4) is 11.5 Å². The Bertz CT molecular complexity index is 856. The Morgan fingerprint density at radius 1 is 0.778 bits per heavy atom. The highest BCUT2D eigenvalue weighted by Crippen LogP contribution is 2.28. The lowest BCUT2D eigenvalue weighted by Crippen LogP contribution is -2.44. The lowest BCUT2D eigenvalue weighted by molar-refractivity contribution is 0.414. The molecule has 1 heterocycles. The summed E-state index contributed by atoms with van der Waals surface area (Å²) in [5, 5.41) is 0. The standard InChI is InChI=1S/C22H24N2O2Si/c1-25-19-10-6-17(7-11-19)21(18-8-12-20(26-2)13-9-18)16-27(3,4)22-23-14-5-15-24-22/h5-16H,1-4H3. The van der Waals surface area contributed by atoms with Crippen molar-refractivity contribution < 1.29 is 9.47 Å². The molecule has 0 amide bonds. The zero-order chi connectivity index (χ0) is 19.3. The molecule has 0 saturated carbocycles. The molecule has 0 aliphatic carbocycles. The van der Waals surface area contributed by atoms with E-state index in [1.165, 1.54) is 5.57 Å². The molecule has 0 atom stereocenters. The molecule has 138 valence electrons. The first-order chi connectivity index (χ1) is 13.0. The number of nitrogens with zero attached hydrogens (tertiary/aromatic N) is 2. The highest BCUT2D eigenvalue weighted by Gasteiger charge is 2.25. The third-order valence-electron chi connectivity index (χ3n) is 4.45. The predicted molar refractivity (Wildman–Crippen MR) is 112 cm³/mol. The largest absolute Gasteiger partial charge is 0.497 e. The molecule has 0 aliphatic rings. The molecular weight excluding hydrogens is 352 g/mol. The van der Waals surface area contributed by atoms with Gasteiger partial charge in [-0.1, -0.05) is 43.1 Å². The molecule has 3 aromatic rings. The first kappa shape index (κ1) is 18.9. The van der Waals surface area contributed by atoms with Crippen molar-refractivity contribution in [2.45, 2.75) is 13.1 Å². The smallest absolute Gasteiger partial charge is 0.152 e. The molecule has 0 fully saturated rings. The van der Waals surface area contributed by atoms with Crippen LogP contribution < -0.4 is 14.9 Å². The van der Waals surface area contributed by atoms with Crippen LogP contribution in [0.3, 0.4) is 0 Å². The molecule has 4 nitrogen and oxygen atoms in total. The summed E-state index contributed by atoms with van der Waals surface area (Å²) < 4.78 is 10.6. The van der Waals surface area contributed by atoms with E-state index in [-0.39, 0.29) is 0 Å². The average Bonchev–Trinajstić information content (AvgIpc) is 2.73. The second-order valence-electron chi connectivity index (χ2n) is 6.81. The number of hydrogen-bond donors (Lipinski definition) is 0. The van der Waals surface area contributed by atoms with Gasteiger partial charge in [-0.05, 0) is 47.0 Å². The van der Waals surface area contributed by atoms with E-state index in [9.17, 15) is 0 Å². The van der Waals surface area contributed by atoms with Gasteiger partial charge in [0.05, 0.1) is 14.2 Å². The SMILES string of the molecule is COc1ccc(C(=C[Si](C)(C)c2ncccn2)c2ccc(OC)cc2)cc1. The minimum absolute atomic E-state index is 0.843. The van der Waals surface area contributed by atoms with Crippen LogP contribution >= 0.6 is 0 Å². The molecule has 0 unspecified atom stereocenters. The van der Waals surface area contributed by atoms with Crippen LogP contribution in [-0.2, 0) is 0 Å². The van der Waals surface area contributed by atoms with Crippen LogP contribution in [0.1, 0.15) is 11.1 Å². The second-order valence-corrected chi connectivity index (χ2v) is 11.0. The monoisotopic (exact) mass is 376 g/mol. The molecular formula is C22H24N2O2Si. The molecule has 0 bridgehead atoms. The van der Waals surface area contributed by atoms with Crippen LogP contribution in [0.2, 0.25) is 13.1 Å². The second kappa shape index (κ2) is 8.18. The molecule has 3 rings (SSSR count). The number of ether oxygens (including phenoxy) is 2. The van der Waals surface area contributed by atoms with E-state index in [4.69, 9.17) is 9.47 Å². The van der Waals surface area contributed by atoms with Gasteiger partial charge in [0.25, 0.3) is 0 Å². The lowest BCUT2D eigenvalue weighted by Gasteiger charge is -2.19. The van der Waals surface area contributed by atoms with Crippen LogP contribution in [0.4, 0.5) is 0 Å². The van der Waals surface area contributed by atoms with Crippen molar-refractivity contribution in [2.75, 3.05) is 14.2 Å². The molecule has 0 saturated heterocycles. The molecule has 0 aliphatic heterocycles. The number of benzene rings is 2. The van der Waals surface area contributed by atoms with Crippen LogP contribution in [0.15, 0.2) is 72.7 Å². The van der Waals surface area contributed by atoms with Gasteiger partial charge in [0.2, 0.25) is 0 Å². The van der Waals surface area contributed by atoms with Crippen LogP contribution in [0.5, 0.6) is 11.5 Å². The normalized spacial score (nSPS) is 11.0. The van der Waals surface area contributed by atoms with Gasteiger partial charge in [0.1, 0.15) is 16.9 Å². The van der Waals surface area contributed by atoms with E-state index >= 15 is 0 Å². The molecule has 1 aromatic heterocycles. The minimum Gasteiger partial charge on any atom is -0.497 e. The Kier molecular flexibility index (Phi) is 5.71. The van der Waals surface area contributed by atoms with Gasteiger partial charge in [-0.25, -0.2) is 9.97 Å². The van der Waals surface area contributed by atoms with Crippen molar-refractivity contribution in [3.63, 3.8) is 0 Å². The van der Waals surface area contributed by atoms with Gasteiger partial charge in [-0.15, -0.1) is 0 Å². The maximum absolute atomic E-state index is 5.31. The predicted octanol–water partition coefficient (Wildman–Crippen LogP) is 4.08. The van der Waals surface area contributed by atoms with Gasteiger partial charge >= 0.3 is 0 Å². The summed E-state index contributed by atoms with van der Waals surface area (Å²) in [4.78, 5) is 9.02. The first-order valence-corrected chi connectivity index (χ1v) is 11.9. The Balaban J connectivity index is 2.10. The quantitative estimate of drug-likeness (QED) is 0.608. The van der Waals surface area contributed by atoms with E-state index in [0.717, 1.165) is 28.1 Å². The van der Waals surface area contributed by atoms with Crippen LogP contribution in [-0.4, -0.2) is 32.3 Å². The number of rotatable bonds is 6. The maximum atomic E-state index is 5.31. The Morgan fingerprint density at radius 3 is 1.63 bits per heavy atom. The van der Waals surface area contributed by atoms with Gasteiger partial charge in [-0.3, -0.25) is 0 Å². The third-order valence-corrected chi connectivity index (χ3v) is 6.87. The Morgan fingerprint density at radius 2 is 1.22 bits per heavy atom. The molecule has 0 spiro atoms.